The van der Waals surface area contributed by atoms with E-state index in [1.807, 2.05) is 6.07 Å². The zero-order valence-electron chi connectivity index (χ0n) is 10.2. The molecule has 0 aliphatic carbocycles. The van der Waals surface area contributed by atoms with Crippen molar-refractivity contribution in [1.82, 2.24) is 9.97 Å². The molecule has 5 heteroatoms. The predicted octanol–water partition coefficient (Wildman–Crippen LogP) is 2.24. The van der Waals surface area contributed by atoms with E-state index in [9.17, 15) is 0 Å². The lowest BCUT2D eigenvalue weighted by Gasteiger charge is -1.99. The van der Waals surface area contributed by atoms with Gasteiger partial charge in [-0.15, -0.1) is 0 Å². The van der Waals surface area contributed by atoms with Crippen molar-refractivity contribution in [2.75, 3.05) is 14.2 Å². The van der Waals surface area contributed by atoms with Crippen LogP contribution in [0.2, 0.25) is 0 Å². The number of hydrogen-bond donors (Lipinski definition) is 0. The quantitative estimate of drug-likeness (QED) is 0.773. The number of aliphatic imine (C=N–C) groups is 1. The van der Waals surface area contributed by atoms with Crippen molar-refractivity contribution in [3.05, 3.63) is 42.4 Å². The Hall–Kier alpha value is -2.43. The molecule has 18 heavy (non-hydrogen) atoms. The summed E-state index contributed by atoms with van der Waals surface area (Å²) in [4.78, 5) is 12.4. The van der Waals surface area contributed by atoms with E-state index in [1.54, 1.807) is 51.2 Å². The summed E-state index contributed by atoms with van der Waals surface area (Å²) in [6.45, 7) is 0. The van der Waals surface area contributed by atoms with Gasteiger partial charge in [-0.2, -0.15) is 0 Å². The Balaban J connectivity index is 2.13. The lowest BCUT2D eigenvalue weighted by atomic mass is 10.3. The zero-order chi connectivity index (χ0) is 12.8. The molecule has 2 heterocycles. The second-order valence-electron chi connectivity index (χ2n) is 3.48. The molecule has 2 aromatic heterocycles. The molecule has 0 fully saturated rings. The van der Waals surface area contributed by atoms with Crippen molar-refractivity contribution in [3.63, 3.8) is 0 Å². The number of ether oxygens (including phenoxy) is 2. The summed E-state index contributed by atoms with van der Waals surface area (Å²) in [5, 5.41) is 0. The second-order valence-corrected chi connectivity index (χ2v) is 3.48. The van der Waals surface area contributed by atoms with Crippen molar-refractivity contribution >= 4 is 11.9 Å². The van der Waals surface area contributed by atoms with Crippen molar-refractivity contribution in [3.8, 4) is 11.6 Å². The van der Waals surface area contributed by atoms with E-state index in [0.29, 0.717) is 11.6 Å². The number of pyridine rings is 2. The van der Waals surface area contributed by atoms with Crippen LogP contribution >= 0.6 is 0 Å². The first-order valence-corrected chi connectivity index (χ1v) is 5.35. The average molecular weight is 243 g/mol. The molecule has 0 aliphatic heterocycles. The fourth-order valence-corrected chi connectivity index (χ4v) is 1.33. The summed E-state index contributed by atoms with van der Waals surface area (Å²) in [6, 6.07) is 5.47. The molecule has 0 saturated heterocycles. The highest BCUT2D eigenvalue weighted by molar-refractivity contribution is 5.81. The van der Waals surface area contributed by atoms with E-state index in [4.69, 9.17) is 9.47 Å². The van der Waals surface area contributed by atoms with Gasteiger partial charge in [-0.1, -0.05) is 0 Å². The van der Waals surface area contributed by atoms with Crippen LogP contribution in [-0.4, -0.2) is 30.4 Å². The van der Waals surface area contributed by atoms with Crippen LogP contribution < -0.4 is 9.47 Å². The minimum Gasteiger partial charge on any atom is -0.495 e. The van der Waals surface area contributed by atoms with Crippen LogP contribution in [0, 0.1) is 0 Å². The Bertz CT molecular complexity index is 538. The van der Waals surface area contributed by atoms with E-state index in [1.165, 1.54) is 0 Å². The maximum absolute atomic E-state index is 5.07. The Morgan fingerprint density at radius 1 is 1.11 bits per heavy atom. The maximum Gasteiger partial charge on any atom is 0.212 e. The molecular formula is C13H13N3O2. The highest BCUT2D eigenvalue weighted by Gasteiger charge is 1.95. The van der Waals surface area contributed by atoms with Crippen molar-refractivity contribution in [1.29, 1.82) is 0 Å². The molecule has 0 bridgehead atoms. The van der Waals surface area contributed by atoms with Gasteiger partial charge in [0, 0.05) is 30.1 Å². The van der Waals surface area contributed by atoms with Gasteiger partial charge in [-0.25, -0.2) is 4.98 Å². The smallest absolute Gasteiger partial charge is 0.212 e. The monoisotopic (exact) mass is 243 g/mol. The van der Waals surface area contributed by atoms with Gasteiger partial charge in [0.05, 0.1) is 32.3 Å². The normalized spacial score (nSPS) is 10.6. The first-order valence-electron chi connectivity index (χ1n) is 5.35. The van der Waals surface area contributed by atoms with E-state index < -0.39 is 0 Å². The van der Waals surface area contributed by atoms with Gasteiger partial charge < -0.3 is 9.47 Å². The molecular weight excluding hydrogens is 230 g/mol. The number of hydrogen-bond acceptors (Lipinski definition) is 5. The molecule has 0 atom stereocenters. The largest absolute Gasteiger partial charge is 0.495 e. The van der Waals surface area contributed by atoms with Crippen LogP contribution in [0.15, 0.2) is 41.8 Å². The molecule has 0 N–H and O–H groups in total. The van der Waals surface area contributed by atoms with Gasteiger partial charge in [-0.05, 0) is 6.07 Å². The molecule has 0 spiro atoms. The number of aromatic nitrogens is 2. The van der Waals surface area contributed by atoms with Crippen LogP contribution in [-0.2, 0) is 0 Å². The summed E-state index contributed by atoms with van der Waals surface area (Å²) >= 11 is 0. The number of methoxy groups -OCH3 is 2. The molecule has 2 rings (SSSR count). The van der Waals surface area contributed by atoms with Gasteiger partial charge in [-0.3, -0.25) is 9.98 Å². The fourth-order valence-electron chi connectivity index (χ4n) is 1.33. The first-order chi connectivity index (χ1) is 8.81. The van der Waals surface area contributed by atoms with Crippen molar-refractivity contribution in [2.45, 2.75) is 0 Å². The third-order valence-electron chi connectivity index (χ3n) is 2.27. The molecule has 0 saturated carbocycles. The average Bonchev–Trinajstić information content (AvgIpc) is 2.46. The maximum atomic E-state index is 5.07. The summed E-state index contributed by atoms with van der Waals surface area (Å²) in [5.74, 6) is 1.26. The van der Waals surface area contributed by atoms with Gasteiger partial charge in [0.25, 0.3) is 0 Å². The van der Waals surface area contributed by atoms with Gasteiger partial charge in [0.2, 0.25) is 5.88 Å². The molecule has 92 valence electrons. The molecule has 0 radical (unpaired) electrons. The van der Waals surface area contributed by atoms with E-state index in [-0.39, 0.29) is 0 Å². The molecule has 2 aromatic rings. The molecule has 0 amide bonds. The number of nitrogens with zero attached hydrogens (tertiary/aromatic N) is 3. The summed E-state index contributed by atoms with van der Waals surface area (Å²) in [7, 11) is 3.18. The van der Waals surface area contributed by atoms with Crippen LogP contribution in [0.1, 0.15) is 5.56 Å². The minimum atomic E-state index is 0.579. The topological polar surface area (TPSA) is 56.6 Å². The lowest BCUT2D eigenvalue weighted by Crippen LogP contribution is -1.88. The summed E-state index contributed by atoms with van der Waals surface area (Å²) < 4.78 is 10.1. The SMILES string of the molecule is COc1cncc(/N=C\c2ccc(OC)nc2)c1. The van der Waals surface area contributed by atoms with E-state index in [0.717, 1.165) is 11.3 Å². The zero-order valence-corrected chi connectivity index (χ0v) is 10.2. The Labute approximate surface area is 105 Å². The Morgan fingerprint density at radius 2 is 2.00 bits per heavy atom. The van der Waals surface area contributed by atoms with Crippen LogP contribution in [0.4, 0.5) is 5.69 Å². The fraction of sp³-hybridized carbons (Fsp3) is 0.154. The first kappa shape index (κ1) is 12.0. The highest BCUT2D eigenvalue weighted by atomic mass is 16.5. The van der Waals surface area contributed by atoms with Gasteiger partial charge in [0.1, 0.15) is 5.75 Å². The minimum absolute atomic E-state index is 0.579. The van der Waals surface area contributed by atoms with Gasteiger partial charge in [0.15, 0.2) is 0 Å². The third kappa shape index (κ3) is 3.04. The van der Waals surface area contributed by atoms with Gasteiger partial charge >= 0.3 is 0 Å². The van der Waals surface area contributed by atoms with E-state index in [2.05, 4.69) is 15.0 Å². The van der Waals surface area contributed by atoms with Crippen LogP contribution in [0.5, 0.6) is 11.6 Å². The molecule has 0 aliphatic rings. The summed E-state index contributed by atoms with van der Waals surface area (Å²) in [6.07, 6.45) is 6.70. The third-order valence-corrected chi connectivity index (χ3v) is 2.27. The van der Waals surface area contributed by atoms with Crippen molar-refractivity contribution < 1.29 is 9.47 Å². The van der Waals surface area contributed by atoms with E-state index >= 15 is 0 Å². The Morgan fingerprint density at radius 3 is 2.67 bits per heavy atom. The number of rotatable bonds is 4. The second kappa shape index (κ2) is 5.77. The van der Waals surface area contributed by atoms with Crippen LogP contribution in [0.25, 0.3) is 0 Å². The molecule has 0 aromatic carbocycles. The Kier molecular flexibility index (Phi) is 3.86. The van der Waals surface area contributed by atoms with Crippen LogP contribution in [0.3, 0.4) is 0 Å². The highest BCUT2D eigenvalue weighted by Crippen LogP contribution is 2.17. The standard InChI is InChI=1S/C13H13N3O2/c1-17-12-5-11(8-14-9-12)15-6-10-3-4-13(18-2)16-7-10/h3-9H,1-2H3/b15-6-. The lowest BCUT2D eigenvalue weighted by molar-refractivity contribution is 0.398. The summed E-state index contributed by atoms with van der Waals surface area (Å²) in [5.41, 5.74) is 1.61. The predicted molar refractivity (Wildman–Crippen MR) is 68.8 cm³/mol. The molecule has 0 unspecified atom stereocenters. The molecule has 5 nitrogen and oxygen atoms in total. The van der Waals surface area contributed by atoms with Crippen molar-refractivity contribution in [2.24, 2.45) is 4.99 Å².